The van der Waals surface area contributed by atoms with Crippen molar-refractivity contribution in [1.29, 1.82) is 0 Å². The fourth-order valence-electron chi connectivity index (χ4n) is 2.58. The number of para-hydroxylation sites is 1. The second-order valence-corrected chi connectivity index (χ2v) is 5.06. The van der Waals surface area contributed by atoms with Crippen LogP contribution in [0.25, 0.3) is 0 Å². The Kier molecular flexibility index (Phi) is 3.25. The number of hydrogen-bond acceptors (Lipinski definition) is 3. The SMILES string of the molecule is CC(NC1CCOc2ccccc21)c1cnn(C)c1. The molecule has 19 heavy (non-hydrogen) atoms. The first-order valence-electron chi connectivity index (χ1n) is 6.70. The number of hydrogen-bond donors (Lipinski definition) is 1. The number of nitrogens with one attached hydrogen (secondary N) is 1. The van der Waals surface area contributed by atoms with Gasteiger partial charge in [-0.3, -0.25) is 4.68 Å². The highest BCUT2D eigenvalue weighted by molar-refractivity contribution is 5.37. The van der Waals surface area contributed by atoms with Gasteiger partial charge in [0.25, 0.3) is 0 Å². The molecule has 0 saturated carbocycles. The maximum atomic E-state index is 5.69. The Morgan fingerprint density at radius 1 is 1.42 bits per heavy atom. The molecular weight excluding hydrogens is 238 g/mol. The van der Waals surface area contributed by atoms with Crippen LogP contribution in [0.1, 0.15) is 36.6 Å². The molecule has 1 aromatic heterocycles. The molecule has 0 saturated heterocycles. The predicted molar refractivity (Wildman–Crippen MR) is 74.1 cm³/mol. The van der Waals surface area contributed by atoms with E-state index in [1.165, 1.54) is 11.1 Å². The fraction of sp³-hybridized carbons (Fsp3) is 0.400. The van der Waals surface area contributed by atoms with E-state index in [2.05, 4.69) is 35.7 Å². The van der Waals surface area contributed by atoms with Gasteiger partial charge in [-0.2, -0.15) is 5.10 Å². The Labute approximate surface area is 113 Å². The lowest BCUT2D eigenvalue weighted by molar-refractivity contribution is 0.246. The van der Waals surface area contributed by atoms with Gasteiger partial charge in [-0.15, -0.1) is 0 Å². The highest BCUT2D eigenvalue weighted by Crippen LogP contribution is 2.33. The lowest BCUT2D eigenvalue weighted by Gasteiger charge is -2.29. The lowest BCUT2D eigenvalue weighted by atomic mass is 9.99. The predicted octanol–water partition coefficient (Wildman–Crippen LogP) is 2.59. The van der Waals surface area contributed by atoms with Crippen LogP contribution in [0.4, 0.5) is 0 Å². The average Bonchev–Trinajstić information content (AvgIpc) is 2.86. The van der Waals surface area contributed by atoms with Gasteiger partial charge >= 0.3 is 0 Å². The molecule has 2 atom stereocenters. The highest BCUT2D eigenvalue weighted by Gasteiger charge is 2.22. The molecular formula is C15H19N3O. The first-order valence-corrected chi connectivity index (χ1v) is 6.70. The summed E-state index contributed by atoms with van der Waals surface area (Å²) in [6.45, 7) is 2.95. The van der Waals surface area contributed by atoms with E-state index < -0.39 is 0 Å². The van der Waals surface area contributed by atoms with Crippen molar-refractivity contribution in [2.45, 2.75) is 25.4 Å². The van der Waals surface area contributed by atoms with E-state index in [4.69, 9.17) is 4.74 Å². The second kappa shape index (κ2) is 5.05. The molecule has 2 aromatic rings. The van der Waals surface area contributed by atoms with E-state index in [1.807, 2.05) is 30.1 Å². The van der Waals surface area contributed by atoms with Crippen LogP contribution in [0.5, 0.6) is 5.75 Å². The van der Waals surface area contributed by atoms with Crippen molar-refractivity contribution < 1.29 is 4.74 Å². The Hall–Kier alpha value is -1.81. The maximum absolute atomic E-state index is 5.69. The van der Waals surface area contributed by atoms with Gasteiger partial charge in [0.1, 0.15) is 5.75 Å². The van der Waals surface area contributed by atoms with Crippen molar-refractivity contribution in [3.8, 4) is 5.75 Å². The molecule has 0 amide bonds. The molecule has 4 heteroatoms. The van der Waals surface area contributed by atoms with Crippen molar-refractivity contribution in [1.82, 2.24) is 15.1 Å². The quantitative estimate of drug-likeness (QED) is 0.918. The van der Waals surface area contributed by atoms with Gasteiger partial charge in [0.05, 0.1) is 12.8 Å². The fourth-order valence-corrected chi connectivity index (χ4v) is 2.58. The van der Waals surface area contributed by atoms with Crippen LogP contribution in [-0.2, 0) is 7.05 Å². The molecule has 0 radical (unpaired) electrons. The monoisotopic (exact) mass is 257 g/mol. The zero-order valence-electron chi connectivity index (χ0n) is 11.3. The van der Waals surface area contributed by atoms with Gasteiger partial charge in [-0.05, 0) is 13.0 Å². The average molecular weight is 257 g/mol. The minimum absolute atomic E-state index is 0.282. The van der Waals surface area contributed by atoms with Crippen molar-refractivity contribution in [3.05, 3.63) is 47.8 Å². The zero-order chi connectivity index (χ0) is 13.2. The van der Waals surface area contributed by atoms with Crippen LogP contribution in [0.3, 0.4) is 0 Å². The molecule has 4 nitrogen and oxygen atoms in total. The summed E-state index contributed by atoms with van der Waals surface area (Å²) in [5.74, 6) is 1.00. The van der Waals surface area contributed by atoms with Crippen molar-refractivity contribution in [3.63, 3.8) is 0 Å². The van der Waals surface area contributed by atoms with E-state index in [1.54, 1.807) is 0 Å². The third kappa shape index (κ3) is 2.49. The van der Waals surface area contributed by atoms with E-state index in [0.717, 1.165) is 18.8 Å². The number of nitrogens with zero attached hydrogens (tertiary/aromatic N) is 2. The molecule has 1 N–H and O–H groups in total. The Balaban J connectivity index is 1.77. The van der Waals surface area contributed by atoms with Crippen LogP contribution in [0.15, 0.2) is 36.7 Å². The van der Waals surface area contributed by atoms with Gasteiger partial charge in [0.15, 0.2) is 0 Å². The number of rotatable bonds is 3. The standard InChI is InChI=1S/C15H19N3O/c1-11(12-9-16-18(2)10-12)17-14-7-8-19-15-6-4-3-5-13(14)15/h3-6,9-11,14,17H,7-8H2,1-2H3. The summed E-state index contributed by atoms with van der Waals surface area (Å²) in [7, 11) is 1.94. The molecule has 1 aliphatic rings. The summed E-state index contributed by atoms with van der Waals surface area (Å²) in [5.41, 5.74) is 2.47. The van der Waals surface area contributed by atoms with E-state index in [-0.39, 0.29) is 6.04 Å². The Morgan fingerprint density at radius 3 is 3.05 bits per heavy atom. The summed E-state index contributed by atoms with van der Waals surface area (Å²) in [5, 5.41) is 7.90. The van der Waals surface area contributed by atoms with Gasteiger partial charge in [0, 0.05) is 42.9 Å². The van der Waals surface area contributed by atoms with Crippen LogP contribution >= 0.6 is 0 Å². The number of aromatic nitrogens is 2. The molecule has 2 heterocycles. The number of benzene rings is 1. The highest BCUT2D eigenvalue weighted by atomic mass is 16.5. The zero-order valence-corrected chi connectivity index (χ0v) is 11.3. The summed E-state index contributed by atoms with van der Waals surface area (Å²) >= 11 is 0. The number of aryl methyl sites for hydroxylation is 1. The normalized spacial score (nSPS) is 19.6. The molecule has 0 spiro atoms. The Bertz CT molecular complexity index is 564. The summed E-state index contributed by atoms with van der Waals surface area (Å²) in [6, 6.07) is 8.90. The summed E-state index contributed by atoms with van der Waals surface area (Å²) < 4.78 is 7.53. The first kappa shape index (κ1) is 12.2. The molecule has 100 valence electrons. The molecule has 0 fully saturated rings. The minimum Gasteiger partial charge on any atom is -0.493 e. The van der Waals surface area contributed by atoms with Gasteiger partial charge in [-0.1, -0.05) is 18.2 Å². The van der Waals surface area contributed by atoms with E-state index >= 15 is 0 Å². The van der Waals surface area contributed by atoms with Crippen LogP contribution in [-0.4, -0.2) is 16.4 Å². The molecule has 3 rings (SSSR count). The minimum atomic E-state index is 0.282. The molecule has 2 unspecified atom stereocenters. The second-order valence-electron chi connectivity index (χ2n) is 5.06. The summed E-state index contributed by atoms with van der Waals surface area (Å²) in [4.78, 5) is 0. The Morgan fingerprint density at radius 2 is 2.26 bits per heavy atom. The molecule has 1 aromatic carbocycles. The number of fused-ring (bicyclic) bond motifs is 1. The van der Waals surface area contributed by atoms with E-state index in [9.17, 15) is 0 Å². The van der Waals surface area contributed by atoms with Crippen molar-refractivity contribution >= 4 is 0 Å². The van der Waals surface area contributed by atoms with E-state index in [0.29, 0.717) is 6.04 Å². The molecule has 1 aliphatic heterocycles. The summed E-state index contributed by atoms with van der Waals surface area (Å²) in [6.07, 6.45) is 4.98. The topological polar surface area (TPSA) is 39.1 Å². The van der Waals surface area contributed by atoms with Crippen LogP contribution in [0, 0.1) is 0 Å². The van der Waals surface area contributed by atoms with Crippen molar-refractivity contribution in [2.24, 2.45) is 7.05 Å². The smallest absolute Gasteiger partial charge is 0.124 e. The van der Waals surface area contributed by atoms with Crippen LogP contribution in [0.2, 0.25) is 0 Å². The maximum Gasteiger partial charge on any atom is 0.124 e. The third-order valence-corrected chi connectivity index (χ3v) is 3.63. The van der Waals surface area contributed by atoms with Crippen molar-refractivity contribution in [2.75, 3.05) is 6.61 Å². The van der Waals surface area contributed by atoms with Gasteiger partial charge in [0.2, 0.25) is 0 Å². The largest absolute Gasteiger partial charge is 0.493 e. The van der Waals surface area contributed by atoms with Crippen LogP contribution < -0.4 is 10.1 Å². The lowest BCUT2D eigenvalue weighted by Crippen LogP contribution is -2.29. The van der Waals surface area contributed by atoms with Gasteiger partial charge in [-0.25, -0.2) is 0 Å². The first-order chi connectivity index (χ1) is 9.24. The number of ether oxygens (including phenoxy) is 1. The molecule has 0 bridgehead atoms. The van der Waals surface area contributed by atoms with Gasteiger partial charge < -0.3 is 10.1 Å². The third-order valence-electron chi connectivity index (χ3n) is 3.63. The molecule has 0 aliphatic carbocycles.